The zero-order valence-electron chi connectivity index (χ0n) is 18.7. The van der Waals surface area contributed by atoms with Crippen LogP contribution < -0.4 is 10.1 Å². The summed E-state index contributed by atoms with van der Waals surface area (Å²) < 4.78 is 13.1. The number of carbonyl (C=O) groups is 1. The van der Waals surface area contributed by atoms with E-state index >= 15 is 0 Å². The first-order chi connectivity index (χ1) is 16.7. The number of ether oxygens (including phenoxy) is 2. The Morgan fingerprint density at radius 2 is 2.29 bits per heavy atom. The molecule has 0 unspecified atom stereocenters. The van der Waals surface area contributed by atoms with Crippen molar-refractivity contribution in [2.45, 2.75) is 37.8 Å². The topological polar surface area (TPSA) is 93.9 Å². The predicted octanol–water partition coefficient (Wildman–Crippen LogP) is 3.20. The van der Waals surface area contributed by atoms with Crippen LogP contribution in [0.25, 0.3) is 15.7 Å². The number of carbonyl (C=O) groups excluding carboxylic acids is 1. The first kappa shape index (κ1) is 20.2. The molecular formula is C24H24N6O3S. The summed E-state index contributed by atoms with van der Waals surface area (Å²) in [6, 6.07) is 4.22. The second-order valence-electron chi connectivity index (χ2n) is 9.26. The molecule has 7 rings (SSSR count). The number of methoxy groups -OCH3 is 1. The molecular weight excluding hydrogens is 452 g/mol. The molecule has 0 radical (unpaired) electrons. The summed E-state index contributed by atoms with van der Waals surface area (Å²) in [5.74, 6) is 1.78. The fourth-order valence-electron chi connectivity index (χ4n) is 5.65. The third kappa shape index (κ3) is 3.08. The largest absolute Gasteiger partial charge is 0.493 e. The number of anilines is 2. The molecule has 2 fully saturated rings. The molecule has 0 spiro atoms. The number of nitrogens with zero attached hydrogens (tertiary/aromatic N) is 5. The Morgan fingerprint density at radius 1 is 1.35 bits per heavy atom. The van der Waals surface area contributed by atoms with Crippen LogP contribution in [0.4, 0.5) is 11.5 Å². The van der Waals surface area contributed by atoms with Crippen LogP contribution >= 0.6 is 11.3 Å². The highest BCUT2D eigenvalue weighted by atomic mass is 32.1. The van der Waals surface area contributed by atoms with Gasteiger partial charge in [0.15, 0.2) is 5.75 Å². The smallest absolute Gasteiger partial charge is 0.226 e. The Kier molecular flexibility index (Phi) is 4.53. The average molecular weight is 477 g/mol. The lowest BCUT2D eigenvalue weighted by Gasteiger charge is -2.32. The first-order valence-electron chi connectivity index (χ1n) is 11.6. The number of aromatic nitrogens is 4. The molecule has 1 aliphatic carbocycles. The van der Waals surface area contributed by atoms with Crippen molar-refractivity contribution >= 4 is 44.5 Å². The second-order valence-corrected chi connectivity index (χ2v) is 10.3. The Morgan fingerprint density at radius 3 is 3.12 bits per heavy atom. The molecule has 34 heavy (non-hydrogen) atoms. The minimum atomic E-state index is 0.0358. The van der Waals surface area contributed by atoms with Gasteiger partial charge >= 0.3 is 0 Å². The third-order valence-electron chi connectivity index (χ3n) is 7.35. The maximum atomic E-state index is 13.3. The number of likely N-dealkylation sites (tertiary alicyclic amines) is 1. The van der Waals surface area contributed by atoms with Crippen molar-refractivity contribution in [2.75, 3.05) is 25.6 Å². The zero-order chi connectivity index (χ0) is 22.8. The molecule has 10 heteroatoms. The van der Waals surface area contributed by atoms with Crippen molar-refractivity contribution in [3.8, 4) is 5.75 Å². The minimum Gasteiger partial charge on any atom is -0.493 e. The monoisotopic (exact) mass is 476 g/mol. The molecule has 2 bridgehead atoms. The van der Waals surface area contributed by atoms with Gasteiger partial charge in [-0.2, -0.15) is 5.10 Å². The fraction of sp³-hybridized carbons (Fsp3) is 0.417. The van der Waals surface area contributed by atoms with Crippen LogP contribution in [0.15, 0.2) is 30.9 Å². The number of nitrogens with one attached hydrogen (secondary N) is 1. The van der Waals surface area contributed by atoms with Crippen molar-refractivity contribution in [1.82, 2.24) is 24.5 Å². The van der Waals surface area contributed by atoms with Crippen LogP contribution in [-0.2, 0) is 22.4 Å². The van der Waals surface area contributed by atoms with Gasteiger partial charge in [0.05, 0.1) is 48.6 Å². The van der Waals surface area contributed by atoms with Gasteiger partial charge < -0.3 is 19.7 Å². The highest BCUT2D eigenvalue weighted by Crippen LogP contribution is 2.42. The Bertz CT molecular complexity index is 1430. The Hall–Kier alpha value is -3.24. The number of hydrogen-bond acceptors (Lipinski definition) is 8. The molecule has 4 aromatic rings. The van der Waals surface area contributed by atoms with Crippen LogP contribution in [0.2, 0.25) is 0 Å². The lowest BCUT2D eigenvalue weighted by Crippen LogP contribution is -2.45. The second kappa shape index (κ2) is 7.64. The Labute approximate surface area is 199 Å². The minimum absolute atomic E-state index is 0.0358. The van der Waals surface area contributed by atoms with Crippen LogP contribution in [-0.4, -0.2) is 62.8 Å². The summed E-state index contributed by atoms with van der Waals surface area (Å²) in [6.45, 7) is 1.44. The maximum Gasteiger partial charge on any atom is 0.226 e. The lowest BCUT2D eigenvalue weighted by atomic mass is 9.86. The summed E-state index contributed by atoms with van der Waals surface area (Å²) in [5.41, 5.74) is 3.05. The van der Waals surface area contributed by atoms with E-state index in [9.17, 15) is 4.79 Å². The highest BCUT2D eigenvalue weighted by molar-refractivity contribution is 7.19. The average Bonchev–Trinajstić information content (AvgIpc) is 3.65. The van der Waals surface area contributed by atoms with E-state index in [2.05, 4.69) is 25.3 Å². The van der Waals surface area contributed by atoms with Crippen molar-refractivity contribution in [3.63, 3.8) is 0 Å². The number of aryl methyl sites for hydroxylation is 1. The number of fused-ring (bicyclic) bond motifs is 6. The van der Waals surface area contributed by atoms with Crippen molar-refractivity contribution in [2.24, 2.45) is 5.92 Å². The maximum absolute atomic E-state index is 13.3. The van der Waals surface area contributed by atoms with Crippen LogP contribution in [0, 0.1) is 5.92 Å². The van der Waals surface area contributed by atoms with Gasteiger partial charge in [-0.05, 0) is 43.4 Å². The molecule has 6 heterocycles. The van der Waals surface area contributed by atoms with Crippen molar-refractivity contribution in [3.05, 3.63) is 41.3 Å². The SMILES string of the molecule is COc1cn2nccc2cc1Nc1ncnc2sc3c(c12)CC[C@H](C(=O)N1C[C@H]2C[C@@H]1CO2)C3. The summed E-state index contributed by atoms with van der Waals surface area (Å²) in [7, 11) is 1.65. The molecule has 1 N–H and O–H groups in total. The number of rotatable bonds is 4. The summed E-state index contributed by atoms with van der Waals surface area (Å²) in [5, 5.41) is 8.82. The molecule has 3 atom stereocenters. The van der Waals surface area contributed by atoms with Gasteiger partial charge in [-0.1, -0.05) is 0 Å². The molecule has 174 valence electrons. The third-order valence-corrected chi connectivity index (χ3v) is 8.51. The number of hydrogen-bond donors (Lipinski definition) is 1. The van der Waals surface area contributed by atoms with Gasteiger partial charge in [0.1, 0.15) is 17.0 Å². The van der Waals surface area contributed by atoms with Gasteiger partial charge in [0.25, 0.3) is 0 Å². The summed E-state index contributed by atoms with van der Waals surface area (Å²) in [6.07, 6.45) is 8.91. The van der Waals surface area contributed by atoms with E-state index in [0.29, 0.717) is 18.3 Å². The van der Waals surface area contributed by atoms with Crippen LogP contribution in [0.1, 0.15) is 23.3 Å². The van der Waals surface area contributed by atoms with E-state index in [4.69, 9.17) is 9.47 Å². The van der Waals surface area contributed by atoms with Gasteiger partial charge in [-0.3, -0.25) is 4.79 Å². The standard InChI is InChI=1S/C24H24N6O3S/c1-32-19-10-30-14(4-5-27-30)8-18(19)28-22-21-17-3-2-13(6-20(17)34-23(21)26-12-25-22)24(31)29-9-16-7-15(29)11-33-16/h4-5,8,10,12-13,15-16H,2-3,6-7,9,11H2,1H3,(H,25,26,28)/t13-,15+,16+/m0/s1. The lowest BCUT2D eigenvalue weighted by molar-refractivity contribution is -0.140. The van der Waals surface area contributed by atoms with E-state index in [-0.39, 0.29) is 18.1 Å². The molecule has 2 saturated heterocycles. The molecule has 2 aliphatic heterocycles. The molecule has 9 nitrogen and oxygen atoms in total. The van der Waals surface area contributed by atoms with Gasteiger partial charge in [0, 0.05) is 23.5 Å². The van der Waals surface area contributed by atoms with Crippen LogP contribution in [0.5, 0.6) is 5.75 Å². The number of thiophene rings is 1. The normalized spacial score (nSPS) is 23.6. The fourth-order valence-corrected chi connectivity index (χ4v) is 6.92. The van der Waals surface area contributed by atoms with E-state index in [1.165, 1.54) is 10.4 Å². The zero-order valence-corrected chi connectivity index (χ0v) is 19.5. The van der Waals surface area contributed by atoms with E-state index < -0.39 is 0 Å². The van der Waals surface area contributed by atoms with Gasteiger partial charge in [-0.25, -0.2) is 14.5 Å². The molecule has 1 amide bonds. The molecule has 0 aromatic carbocycles. The first-order valence-corrected chi connectivity index (χ1v) is 12.5. The van der Waals surface area contributed by atoms with E-state index in [0.717, 1.165) is 59.5 Å². The van der Waals surface area contributed by atoms with Crippen molar-refractivity contribution < 1.29 is 14.3 Å². The highest BCUT2D eigenvalue weighted by Gasteiger charge is 2.43. The van der Waals surface area contributed by atoms with Crippen LogP contribution in [0.3, 0.4) is 0 Å². The Balaban J connectivity index is 1.20. The quantitative estimate of drug-likeness (QED) is 0.483. The molecule has 3 aliphatic rings. The number of amides is 1. The number of morpholine rings is 1. The van der Waals surface area contributed by atoms with Crippen molar-refractivity contribution in [1.29, 1.82) is 0 Å². The van der Waals surface area contributed by atoms with E-state index in [1.807, 2.05) is 18.3 Å². The van der Waals surface area contributed by atoms with Gasteiger partial charge in [0.2, 0.25) is 5.91 Å². The van der Waals surface area contributed by atoms with Gasteiger partial charge in [-0.15, -0.1) is 11.3 Å². The molecule has 4 aromatic heterocycles. The van der Waals surface area contributed by atoms with E-state index in [1.54, 1.807) is 35.5 Å². The summed E-state index contributed by atoms with van der Waals surface area (Å²) in [4.78, 5) is 26.7. The predicted molar refractivity (Wildman–Crippen MR) is 128 cm³/mol. The number of pyridine rings is 1. The summed E-state index contributed by atoms with van der Waals surface area (Å²) >= 11 is 1.69. The molecule has 0 saturated carbocycles.